The fourth-order valence-corrected chi connectivity index (χ4v) is 6.69. The second kappa shape index (κ2) is 9.31. The van der Waals surface area contributed by atoms with Crippen molar-refractivity contribution in [2.45, 2.75) is 96.8 Å². The summed E-state index contributed by atoms with van der Waals surface area (Å²) in [5.74, 6) is 2.37. The summed E-state index contributed by atoms with van der Waals surface area (Å²) >= 11 is 0. The van der Waals surface area contributed by atoms with Crippen LogP contribution in [0.25, 0.3) is 0 Å². The predicted octanol–water partition coefficient (Wildman–Crippen LogP) is 8.14. The highest BCUT2D eigenvalue weighted by Gasteiger charge is 2.38. The molecule has 5 unspecified atom stereocenters. The van der Waals surface area contributed by atoms with E-state index in [1.54, 1.807) is 6.07 Å². The van der Waals surface area contributed by atoms with Gasteiger partial charge in [0.2, 0.25) is 0 Å². The number of benzene rings is 1. The third-order valence-electron chi connectivity index (χ3n) is 8.25. The van der Waals surface area contributed by atoms with E-state index in [0.29, 0.717) is 17.4 Å². The molecule has 2 saturated carbocycles. The van der Waals surface area contributed by atoms with Crippen molar-refractivity contribution in [3.05, 3.63) is 46.5 Å². The van der Waals surface area contributed by atoms with Crippen molar-refractivity contribution >= 4 is 0 Å². The van der Waals surface area contributed by atoms with Gasteiger partial charge < -0.3 is 0 Å². The van der Waals surface area contributed by atoms with Crippen molar-refractivity contribution in [1.82, 2.24) is 0 Å². The summed E-state index contributed by atoms with van der Waals surface area (Å²) in [4.78, 5) is 0. The average Bonchev–Trinajstić information content (AvgIpc) is 2.72. The maximum Gasteiger partial charge on any atom is 0.133 e. The van der Waals surface area contributed by atoms with E-state index < -0.39 is 0 Å². The normalized spacial score (nSPS) is 32.2. The van der Waals surface area contributed by atoms with Crippen LogP contribution in [0.3, 0.4) is 0 Å². The SMILES string of the molecule is C/C=C/C1CCC2CC(c3c(F)cc4c(c3F)CCC(CCCC)C4)CCC2C1. The standard InChI is InChI=1S/C27H38F2/c1-3-5-7-19-9-13-24-23(15-19)17-25(28)26(27(24)29)22-12-11-20-14-18(6-4-2)8-10-21(20)16-22/h4,6,17-22H,3,5,7-16H2,1-2H3/b6-4+. The van der Waals surface area contributed by atoms with Crippen LogP contribution < -0.4 is 0 Å². The maximum atomic E-state index is 15.5. The number of hydrogen-bond acceptors (Lipinski definition) is 0. The summed E-state index contributed by atoms with van der Waals surface area (Å²) in [7, 11) is 0. The van der Waals surface area contributed by atoms with Gasteiger partial charge in [0.15, 0.2) is 0 Å². The molecule has 3 aliphatic carbocycles. The third-order valence-corrected chi connectivity index (χ3v) is 8.25. The molecule has 0 nitrogen and oxygen atoms in total. The molecule has 0 aliphatic heterocycles. The van der Waals surface area contributed by atoms with E-state index in [2.05, 4.69) is 26.0 Å². The van der Waals surface area contributed by atoms with Crippen LogP contribution in [0.5, 0.6) is 0 Å². The Morgan fingerprint density at radius 2 is 1.83 bits per heavy atom. The Hall–Kier alpha value is -1.18. The van der Waals surface area contributed by atoms with E-state index in [4.69, 9.17) is 0 Å². The lowest BCUT2D eigenvalue weighted by Crippen LogP contribution is -2.31. The molecule has 0 radical (unpaired) electrons. The van der Waals surface area contributed by atoms with Crippen LogP contribution in [0.4, 0.5) is 8.78 Å². The first kappa shape index (κ1) is 21.1. The lowest BCUT2D eigenvalue weighted by Gasteiger charge is -2.42. The maximum absolute atomic E-state index is 15.5. The topological polar surface area (TPSA) is 0 Å². The molecule has 29 heavy (non-hydrogen) atoms. The van der Waals surface area contributed by atoms with Gasteiger partial charge in [0, 0.05) is 5.56 Å². The number of fused-ring (bicyclic) bond motifs is 2. The number of unbranched alkanes of at least 4 members (excludes halogenated alkanes) is 1. The van der Waals surface area contributed by atoms with Crippen LogP contribution in [0.15, 0.2) is 18.2 Å². The van der Waals surface area contributed by atoms with Gasteiger partial charge in [-0.2, -0.15) is 0 Å². The molecule has 0 amide bonds. The van der Waals surface area contributed by atoms with Gasteiger partial charge in [0.1, 0.15) is 11.6 Å². The van der Waals surface area contributed by atoms with Crippen molar-refractivity contribution in [2.75, 3.05) is 0 Å². The van der Waals surface area contributed by atoms with E-state index in [1.165, 1.54) is 38.5 Å². The molecular formula is C27H38F2. The fourth-order valence-electron chi connectivity index (χ4n) is 6.69. The summed E-state index contributed by atoms with van der Waals surface area (Å²) in [5, 5.41) is 0. The van der Waals surface area contributed by atoms with E-state index >= 15 is 8.78 Å². The van der Waals surface area contributed by atoms with E-state index in [-0.39, 0.29) is 17.6 Å². The van der Waals surface area contributed by atoms with Gasteiger partial charge in [-0.15, -0.1) is 0 Å². The molecule has 2 fully saturated rings. The Kier molecular flexibility index (Phi) is 6.76. The molecule has 0 saturated heterocycles. The Bertz CT molecular complexity index is 735. The minimum Gasteiger partial charge on any atom is -0.207 e. The number of hydrogen-bond donors (Lipinski definition) is 0. The minimum atomic E-state index is -0.261. The molecule has 1 aromatic rings. The van der Waals surface area contributed by atoms with Crippen molar-refractivity contribution in [3.63, 3.8) is 0 Å². The molecule has 160 valence electrons. The lowest BCUT2D eigenvalue weighted by molar-refractivity contribution is 0.131. The largest absolute Gasteiger partial charge is 0.207 e. The molecule has 0 heterocycles. The van der Waals surface area contributed by atoms with Gasteiger partial charge in [0.25, 0.3) is 0 Å². The van der Waals surface area contributed by atoms with Crippen LogP contribution in [0.2, 0.25) is 0 Å². The quantitative estimate of drug-likeness (QED) is 0.438. The second-order valence-corrected chi connectivity index (χ2v) is 10.1. The van der Waals surface area contributed by atoms with Gasteiger partial charge in [-0.25, -0.2) is 8.78 Å². The van der Waals surface area contributed by atoms with Crippen molar-refractivity contribution in [2.24, 2.45) is 23.7 Å². The summed E-state index contributed by atoms with van der Waals surface area (Å²) in [6.45, 7) is 4.32. The highest BCUT2D eigenvalue weighted by atomic mass is 19.1. The van der Waals surface area contributed by atoms with Gasteiger partial charge >= 0.3 is 0 Å². The fraction of sp³-hybridized carbons (Fsp3) is 0.704. The molecule has 5 atom stereocenters. The summed E-state index contributed by atoms with van der Waals surface area (Å²) < 4.78 is 30.7. The number of rotatable bonds is 5. The van der Waals surface area contributed by atoms with Crippen LogP contribution in [0, 0.1) is 35.3 Å². The highest BCUT2D eigenvalue weighted by molar-refractivity contribution is 5.39. The van der Waals surface area contributed by atoms with Gasteiger partial charge in [-0.1, -0.05) is 38.3 Å². The average molecular weight is 401 g/mol. The van der Waals surface area contributed by atoms with Crippen molar-refractivity contribution in [3.8, 4) is 0 Å². The Morgan fingerprint density at radius 1 is 1.03 bits per heavy atom. The summed E-state index contributed by atoms with van der Waals surface area (Å²) in [6.07, 6.45) is 17.7. The first-order valence-electron chi connectivity index (χ1n) is 12.2. The van der Waals surface area contributed by atoms with Crippen LogP contribution in [-0.2, 0) is 12.8 Å². The zero-order valence-corrected chi connectivity index (χ0v) is 18.4. The molecule has 3 aliphatic rings. The first-order valence-corrected chi connectivity index (χ1v) is 12.2. The number of halogens is 2. The zero-order valence-electron chi connectivity index (χ0n) is 18.4. The monoisotopic (exact) mass is 400 g/mol. The van der Waals surface area contributed by atoms with Crippen LogP contribution in [0.1, 0.15) is 101 Å². The Labute approximate surface area is 176 Å². The zero-order chi connectivity index (χ0) is 20.4. The van der Waals surface area contributed by atoms with Crippen molar-refractivity contribution < 1.29 is 8.78 Å². The van der Waals surface area contributed by atoms with Gasteiger partial charge in [-0.05, 0) is 111 Å². The molecule has 1 aromatic carbocycles. The molecule has 0 N–H and O–H groups in total. The molecule has 2 heteroatoms. The Balaban J connectivity index is 1.49. The molecule has 0 spiro atoms. The summed E-state index contributed by atoms with van der Waals surface area (Å²) in [6, 6.07) is 1.71. The molecular weight excluding hydrogens is 362 g/mol. The highest BCUT2D eigenvalue weighted by Crippen LogP contribution is 2.49. The van der Waals surface area contributed by atoms with E-state index in [9.17, 15) is 0 Å². The van der Waals surface area contributed by atoms with E-state index in [1.807, 2.05) is 0 Å². The van der Waals surface area contributed by atoms with Gasteiger partial charge in [0.05, 0.1) is 0 Å². The molecule has 4 rings (SSSR count). The smallest absolute Gasteiger partial charge is 0.133 e. The summed E-state index contributed by atoms with van der Waals surface area (Å²) in [5.41, 5.74) is 2.23. The second-order valence-electron chi connectivity index (χ2n) is 10.1. The minimum absolute atomic E-state index is 0.0811. The van der Waals surface area contributed by atoms with E-state index in [0.717, 1.165) is 61.5 Å². The first-order chi connectivity index (χ1) is 14.1. The Morgan fingerprint density at radius 3 is 2.62 bits per heavy atom. The molecule has 0 aromatic heterocycles. The lowest BCUT2D eigenvalue weighted by atomic mass is 9.63. The van der Waals surface area contributed by atoms with Crippen molar-refractivity contribution in [1.29, 1.82) is 0 Å². The predicted molar refractivity (Wildman–Crippen MR) is 117 cm³/mol. The van der Waals surface area contributed by atoms with Crippen LogP contribution in [-0.4, -0.2) is 0 Å². The number of allylic oxidation sites excluding steroid dienone is 2. The molecule has 0 bridgehead atoms. The van der Waals surface area contributed by atoms with Crippen LogP contribution >= 0.6 is 0 Å². The van der Waals surface area contributed by atoms with Gasteiger partial charge in [-0.3, -0.25) is 0 Å². The third kappa shape index (κ3) is 4.47.